The van der Waals surface area contributed by atoms with Crippen LogP contribution in [0.15, 0.2) is 36.4 Å². The number of hydrogen-bond donors (Lipinski definition) is 0. The molecule has 2 aromatic rings. The molecule has 0 unspecified atom stereocenters. The lowest BCUT2D eigenvalue weighted by Crippen LogP contribution is -1.83. The Hall–Kier alpha value is -1.94. The summed E-state index contributed by atoms with van der Waals surface area (Å²) in [5, 5.41) is 2.39. The predicted molar refractivity (Wildman–Crippen MR) is 76.9 cm³/mol. The third-order valence-electron chi connectivity index (χ3n) is 2.94. The van der Waals surface area contributed by atoms with Crippen LogP contribution in [-0.4, -0.2) is 7.11 Å². The van der Waals surface area contributed by atoms with Gasteiger partial charge in [0, 0.05) is 12.0 Å². The Morgan fingerprint density at radius 2 is 1.89 bits per heavy atom. The lowest BCUT2D eigenvalue weighted by molar-refractivity contribution is 0.415. The van der Waals surface area contributed by atoms with Crippen LogP contribution in [0.2, 0.25) is 0 Å². The topological polar surface area (TPSA) is 9.23 Å². The molecule has 1 heteroatoms. The molecule has 1 nitrogen and oxygen atoms in total. The zero-order valence-electron chi connectivity index (χ0n) is 11.0. The van der Waals surface area contributed by atoms with Gasteiger partial charge in [0.05, 0.1) is 7.11 Å². The standard InChI is InChI=1S/C17H18O/c1-3-4-5-6-7-14-8-9-15-10-11-17(18-2)13-16(15)12-14/h8-13H,3-5H2,1-2H3. The van der Waals surface area contributed by atoms with Crippen LogP contribution in [0.25, 0.3) is 10.8 Å². The highest BCUT2D eigenvalue weighted by atomic mass is 16.5. The van der Waals surface area contributed by atoms with Gasteiger partial charge >= 0.3 is 0 Å². The molecule has 92 valence electrons. The minimum Gasteiger partial charge on any atom is -0.497 e. The van der Waals surface area contributed by atoms with Crippen molar-refractivity contribution in [2.24, 2.45) is 0 Å². The van der Waals surface area contributed by atoms with Crippen LogP contribution in [0.5, 0.6) is 5.75 Å². The van der Waals surface area contributed by atoms with Gasteiger partial charge in [-0.15, -0.1) is 0 Å². The Bertz CT molecular complexity index is 587. The second-order valence-corrected chi connectivity index (χ2v) is 4.33. The van der Waals surface area contributed by atoms with Gasteiger partial charge in [-0.1, -0.05) is 37.3 Å². The van der Waals surface area contributed by atoms with E-state index in [4.69, 9.17) is 4.74 Å². The van der Waals surface area contributed by atoms with Gasteiger partial charge in [0.2, 0.25) is 0 Å². The minimum atomic E-state index is 0.888. The van der Waals surface area contributed by atoms with Crippen LogP contribution < -0.4 is 4.74 Å². The second kappa shape index (κ2) is 6.12. The fourth-order valence-electron chi connectivity index (χ4n) is 1.86. The van der Waals surface area contributed by atoms with Gasteiger partial charge in [0.15, 0.2) is 0 Å². The Balaban J connectivity index is 2.27. The summed E-state index contributed by atoms with van der Waals surface area (Å²) >= 11 is 0. The maximum Gasteiger partial charge on any atom is 0.119 e. The lowest BCUT2D eigenvalue weighted by atomic mass is 10.1. The molecule has 18 heavy (non-hydrogen) atoms. The Morgan fingerprint density at radius 1 is 1.06 bits per heavy atom. The number of ether oxygens (including phenoxy) is 1. The van der Waals surface area contributed by atoms with E-state index in [-0.39, 0.29) is 0 Å². The summed E-state index contributed by atoms with van der Waals surface area (Å²) < 4.78 is 5.24. The van der Waals surface area contributed by atoms with Crippen molar-refractivity contribution >= 4 is 10.8 Å². The molecule has 2 rings (SSSR count). The van der Waals surface area contributed by atoms with E-state index in [2.05, 4.69) is 43.0 Å². The molecule has 0 aliphatic rings. The normalized spacial score (nSPS) is 9.89. The molecule has 0 amide bonds. The van der Waals surface area contributed by atoms with Crippen molar-refractivity contribution < 1.29 is 4.74 Å². The number of benzene rings is 2. The summed E-state index contributed by atoms with van der Waals surface area (Å²) in [5.41, 5.74) is 1.08. The molecule has 0 fully saturated rings. The number of methoxy groups -OCH3 is 1. The molecule has 0 aliphatic carbocycles. The number of fused-ring (bicyclic) bond motifs is 1. The molecule has 0 N–H and O–H groups in total. The first-order valence-corrected chi connectivity index (χ1v) is 6.40. The highest BCUT2D eigenvalue weighted by molar-refractivity contribution is 5.85. The first-order valence-electron chi connectivity index (χ1n) is 6.40. The SMILES string of the molecule is CCCCC#Cc1ccc2ccc(OC)cc2c1. The first-order chi connectivity index (χ1) is 8.83. The van der Waals surface area contributed by atoms with Crippen molar-refractivity contribution in [3.8, 4) is 17.6 Å². The zero-order chi connectivity index (χ0) is 12.8. The molecule has 0 aromatic heterocycles. The quantitative estimate of drug-likeness (QED) is 0.569. The smallest absolute Gasteiger partial charge is 0.119 e. The largest absolute Gasteiger partial charge is 0.497 e. The van der Waals surface area contributed by atoms with E-state index in [0.29, 0.717) is 0 Å². The lowest BCUT2D eigenvalue weighted by Gasteiger charge is -2.02. The van der Waals surface area contributed by atoms with Gasteiger partial charge in [-0.3, -0.25) is 0 Å². The number of unbranched alkanes of at least 4 members (excludes halogenated alkanes) is 2. The van der Waals surface area contributed by atoms with Gasteiger partial charge in [-0.2, -0.15) is 0 Å². The van der Waals surface area contributed by atoms with Crippen molar-refractivity contribution in [2.45, 2.75) is 26.2 Å². The number of rotatable bonds is 3. The molecule has 2 aromatic carbocycles. The van der Waals surface area contributed by atoms with Gasteiger partial charge in [-0.05, 0) is 41.5 Å². The van der Waals surface area contributed by atoms with Gasteiger partial charge in [0.1, 0.15) is 5.75 Å². The van der Waals surface area contributed by atoms with E-state index in [1.54, 1.807) is 7.11 Å². The minimum absolute atomic E-state index is 0.888. The Morgan fingerprint density at radius 3 is 2.67 bits per heavy atom. The monoisotopic (exact) mass is 238 g/mol. The summed E-state index contributed by atoms with van der Waals surface area (Å²) in [6.45, 7) is 2.18. The molecule has 0 atom stereocenters. The summed E-state index contributed by atoms with van der Waals surface area (Å²) in [7, 11) is 1.69. The molecule has 0 saturated carbocycles. The van der Waals surface area contributed by atoms with Crippen LogP contribution in [0.3, 0.4) is 0 Å². The molecule has 0 heterocycles. The van der Waals surface area contributed by atoms with Gasteiger partial charge in [0.25, 0.3) is 0 Å². The molecule has 0 aliphatic heterocycles. The fraction of sp³-hybridized carbons (Fsp3) is 0.294. The van der Waals surface area contributed by atoms with E-state index in [9.17, 15) is 0 Å². The van der Waals surface area contributed by atoms with E-state index < -0.39 is 0 Å². The maximum absolute atomic E-state index is 5.24. The predicted octanol–water partition coefficient (Wildman–Crippen LogP) is 4.39. The highest BCUT2D eigenvalue weighted by Crippen LogP contribution is 2.21. The summed E-state index contributed by atoms with van der Waals surface area (Å²) in [6, 6.07) is 12.4. The molecular formula is C17H18O. The molecule has 0 bridgehead atoms. The van der Waals surface area contributed by atoms with Crippen molar-refractivity contribution in [3.05, 3.63) is 42.0 Å². The second-order valence-electron chi connectivity index (χ2n) is 4.33. The van der Waals surface area contributed by atoms with Crippen LogP contribution in [0.1, 0.15) is 31.7 Å². The number of hydrogen-bond acceptors (Lipinski definition) is 1. The highest BCUT2D eigenvalue weighted by Gasteiger charge is 1.97. The average molecular weight is 238 g/mol. The average Bonchev–Trinajstić information content (AvgIpc) is 2.42. The van der Waals surface area contributed by atoms with Crippen LogP contribution in [-0.2, 0) is 0 Å². The van der Waals surface area contributed by atoms with Crippen molar-refractivity contribution in [1.82, 2.24) is 0 Å². The fourth-order valence-corrected chi connectivity index (χ4v) is 1.86. The molecule has 0 spiro atoms. The van der Waals surface area contributed by atoms with Gasteiger partial charge < -0.3 is 4.74 Å². The third kappa shape index (κ3) is 3.05. The molecule has 0 radical (unpaired) electrons. The molecular weight excluding hydrogens is 220 g/mol. The summed E-state index contributed by atoms with van der Waals surface area (Å²) in [6.07, 6.45) is 3.35. The van der Waals surface area contributed by atoms with Crippen molar-refractivity contribution in [2.75, 3.05) is 7.11 Å². The Kier molecular flexibility index (Phi) is 4.25. The van der Waals surface area contributed by atoms with Crippen molar-refractivity contribution in [1.29, 1.82) is 0 Å². The summed E-state index contributed by atoms with van der Waals surface area (Å²) in [5.74, 6) is 7.32. The maximum atomic E-state index is 5.24. The van der Waals surface area contributed by atoms with E-state index in [0.717, 1.165) is 17.7 Å². The zero-order valence-corrected chi connectivity index (χ0v) is 11.0. The van der Waals surface area contributed by atoms with E-state index in [1.807, 2.05) is 12.1 Å². The third-order valence-corrected chi connectivity index (χ3v) is 2.94. The summed E-state index contributed by atoms with van der Waals surface area (Å²) in [4.78, 5) is 0. The van der Waals surface area contributed by atoms with Crippen LogP contribution in [0.4, 0.5) is 0 Å². The van der Waals surface area contributed by atoms with Gasteiger partial charge in [-0.25, -0.2) is 0 Å². The van der Waals surface area contributed by atoms with E-state index >= 15 is 0 Å². The Labute approximate surface area is 109 Å². The van der Waals surface area contributed by atoms with Crippen LogP contribution >= 0.6 is 0 Å². The van der Waals surface area contributed by atoms with Crippen LogP contribution in [0, 0.1) is 11.8 Å². The first kappa shape index (κ1) is 12.5. The molecule has 0 saturated heterocycles. The van der Waals surface area contributed by atoms with Crippen molar-refractivity contribution in [3.63, 3.8) is 0 Å². The van der Waals surface area contributed by atoms with E-state index in [1.165, 1.54) is 23.6 Å².